The van der Waals surface area contributed by atoms with Crippen LogP contribution in [0.3, 0.4) is 0 Å². The first-order chi connectivity index (χ1) is 10.8. The van der Waals surface area contributed by atoms with Crippen LogP contribution in [-0.4, -0.2) is 26.3 Å². The Kier molecular flexibility index (Phi) is 4.59. The summed E-state index contributed by atoms with van der Waals surface area (Å²) in [5, 5.41) is 8.82. The van der Waals surface area contributed by atoms with Gasteiger partial charge < -0.3 is 15.4 Å². The lowest BCUT2D eigenvalue weighted by molar-refractivity contribution is 0.158. The molecular formula is C18H22N2O2. The lowest BCUT2D eigenvalue weighted by atomic mass is 9.85. The quantitative estimate of drug-likeness (QED) is 0.914. The van der Waals surface area contributed by atoms with E-state index in [9.17, 15) is 4.79 Å². The maximum atomic E-state index is 11.8. The lowest BCUT2D eigenvalue weighted by Crippen LogP contribution is -2.38. The van der Waals surface area contributed by atoms with Crippen LogP contribution in [0.2, 0.25) is 0 Å². The molecule has 1 aliphatic rings. The summed E-state index contributed by atoms with van der Waals surface area (Å²) >= 11 is 0. The molecule has 1 aliphatic heterocycles. The number of piperidine rings is 1. The van der Waals surface area contributed by atoms with E-state index >= 15 is 0 Å². The summed E-state index contributed by atoms with van der Waals surface area (Å²) in [5.74, 6) is 0.432. The zero-order chi connectivity index (χ0) is 15.4. The molecule has 4 nitrogen and oxygen atoms in total. The van der Waals surface area contributed by atoms with E-state index in [0.717, 1.165) is 31.5 Å². The molecule has 0 radical (unpaired) electrons. The zero-order valence-corrected chi connectivity index (χ0v) is 12.8. The zero-order valence-electron chi connectivity index (χ0n) is 12.8. The molecule has 2 aromatic rings. The minimum absolute atomic E-state index is 0.000781. The van der Waals surface area contributed by atoms with Crippen molar-refractivity contribution < 1.29 is 9.53 Å². The van der Waals surface area contributed by atoms with Gasteiger partial charge >= 0.3 is 6.09 Å². The van der Waals surface area contributed by atoms with Crippen molar-refractivity contribution in [3.8, 4) is 0 Å². The molecule has 22 heavy (non-hydrogen) atoms. The second-order valence-electron chi connectivity index (χ2n) is 5.81. The number of nitrogens with one attached hydrogen (secondary N) is 2. The predicted molar refractivity (Wildman–Crippen MR) is 87.8 cm³/mol. The summed E-state index contributed by atoms with van der Waals surface area (Å²) in [6, 6.07) is 14.7. The second-order valence-corrected chi connectivity index (χ2v) is 5.81. The maximum Gasteiger partial charge on any atom is 0.407 e. The summed E-state index contributed by atoms with van der Waals surface area (Å²) < 4.78 is 4.81. The number of amides is 1. The first-order valence-electron chi connectivity index (χ1n) is 7.82. The highest BCUT2D eigenvalue weighted by Gasteiger charge is 2.26. The fourth-order valence-electron chi connectivity index (χ4n) is 3.24. The Morgan fingerprint density at radius 2 is 1.91 bits per heavy atom. The van der Waals surface area contributed by atoms with Gasteiger partial charge in [-0.25, -0.2) is 4.79 Å². The van der Waals surface area contributed by atoms with Crippen molar-refractivity contribution >= 4 is 16.9 Å². The number of alkyl carbamates (subject to hydrolysis) is 1. The molecule has 4 heteroatoms. The van der Waals surface area contributed by atoms with E-state index in [0.29, 0.717) is 5.92 Å². The van der Waals surface area contributed by atoms with E-state index in [4.69, 9.17) is 4.74 Å². The molecule has 1 unspecified atom stereocenters. The standard InChI is InChI=1S/C18H22N2O2/c1-22-18(21)20-17(14-8-10-19-11-9-14)16-7-6-13-4-2-3-5-15(13)12-16/h2-7,12,14,17,19H,8-11H2,1H3,(H,20,21). The van der Waals surface area contributed by atoms with E-state index in [1.165, 1.54) is 17.9 Å². The monoisotopic (exact) mass is 298 g/mol. The molecule has 1 heterocycles. The number of hydrogen-bond acceptors (Lipinski definition) is 3. The third-order valence-electron chi connectivity index (χ3n) is 4.45. The number of rotatable bonds is 3. The van der Waals surface area contributed by atoms with E-state index in [-0.39, 0.29) is 12.1 Å². The van der Waals surface area contributed by atoms with Crippen LogP contribution in [0.4, 0.5) is 4.79 Å². The Morgan fingerprint density at radius 3 is 2.64 bits per heavy atom. The Hall–Kier alpha value is -2.07. The Labute approximate surface area is 130 Å². The van der Waals surface area contributed by atoms with Crippen molar-refractivity contribution in [3.63, 3.8) is 0 Å². The molecular weight excluding hydrogens is 276 g/mol. The molecule has 1 saturated heterocycles. The third kappa shape index (κ3) is 3.22. The van der Waals surface area contributed by atoms with Gasteiger partial charge in [0.25, 0.3) is 0 Å². The highest BCUT2D eigenvalue weighted by molar-refractivity contribution is 5.83. The number of fused-ring (bicyclic) bond motifs is 1. The van der Waals surface area contributed by atoms with Crippen molar-refractivity contribution in [1.82, 2.24) is 10.6 Å². The van der Waals surface area contributed by atoms with Gasteiger partial charge in [0.05, 0.1) is 13.2 Å². The normalized spacial score (nSPS) is 17.1. The number of carbonyl (C=O) groups is 1. The van der Waals surface area contributed by atoms with Crippen LogP contribution in [0.15, 0.2) is 42.5 Å². The maximum absolute atomic E-state index is 11.8. The first kappa shape index (κ1) is 14.9. The van der Waals surface area contributed by atoms with Crippen LogP contribution in [0.1, 0.15) is 24.4 Å². The fraction of sp³-hybridized carbons (Fsp3) is 0.389. The molecule has 0 bridgehead atoms. The second kappa shape index (κ2) is 6.79. The number of ether oxygens (including phenoxy) is 1. The Balaban J connectivity index is 1.92. The smallest absolute Gasteiger partial charge is 0.407 e. The molecule has 1 amide bonds. The van der Waals surface area contributed by atoms with Gasteiger partial charge in [0.2, 0.25) is 0 Å². The average Bonchev–Trinajstić information content (AvgIpc) is 2.59. The lowest BCUT2D eigenvalue weighted by Gasteiger charge is -2.31. The van der Waals surface area contributed by atoms with Crippen molar-refractivity contribution in [1.29, 1.82) is 0 Å². The molecule has 0 aliphatic carbocycles. The van der Waals surface area contributed by atoms with Gasteiger partial charge in [0.15, 0.2) is 0 Å². The summed E-state index contributed by atoms with van der Waals surface area (Å²) in [7, 11) is 1.41. The summed E-state index contributed by atoms with van der Waals surface area (Å²) in [6.07, 6.45) is 1.75. The van der Waals surface area contributed by atoms with Gasteiger partial charge in [0, 0.05) is 0 Å². The van der Waals surface area contributed by atoms with Gasteiger partial charge in [0.1, 0.15) is 0 Å². The average molecular weight is 298 g/mol. The number of hydrogen-bond donors (Lipinski definition) is 2. The molecule has 0 spiro atoms. The SMILES string of the molecule is COC(=O)NC(c1ccc2ccccc2c1)C1CCNCC1. The molecule has 2 N–H and O–H groups in total. The van der Waals surface area contributed by atoms with E-state index < -0.39 is 0 Å². The summed E-state index contributed by atoms with van der Waals surface area (Å²) in [6.45, 7) is 2.00. The van der Waals surface area contributed by atoms with E-state index in [2.05, 4.69) is 41.0 Å². The third-order valence-corrected chi connectivity index (χ3v) is 4.45. The van der Waals surface area contributed by atoms with Gasteiger partial charge in [-0.1, -0.05) is 36.4 Å². The topological polar surface area (TPSA) is 50.4 Å². The number of carbonyl (C=O) groups excluding carboxylic acids is 1. The Morgan fingerprint density at radius 1 is 1.18 bits per heavy atom. The number of benzene rings is 2. The molecule has 1 atom stereocenters. The van der Waals surface area contributed by atoms with Crippen LogP contribution >= 0.6 is 0 Å². The van der Waals surface area contributed by atoms with E-state index in [1.807, 2.05) is 12.1 Å². The minimum Gasteiger partial charge on any atom is -0.453 e. The van der Waals surface area contributed by atoms with Crippen LogP contribution in [0, 0.1) is 5.92 Å². The van der Waals surface area contributed by atoms with Crippen molar-refractivity contribution in [2.75, 3.05) is 20.2 Å². The van der Waals surface area contributed by atoms with Gasteiger partial charge in [-0.05, 0) is 54.3 Å². The highest BCUT2D eigenvalue weighted by atomic mass is 16.5. The largest absolute Gasteiger partial charge is 0.453 e. The first-order valence-corrected chi connectivity index (χ1v) is 7.82. The van der Waals surface area contributed by atoms with E-state index in [1.54, 1.807) is 0 Å². The van der Waals surface area contributed by atoms with Crippen LogP contribution in [-0.2, 0) is 4.74 Å². The van der Waals surface area contributed by atoms with Crippen molar-refractivity contribution in [2.45, 2.75) is 18.9 Å². The van der Waals surface area contributed by atoms with Gasteiger partial charge in [-0.3, -0.25) is 0 Å². The van der Waals surface area contributed by atoms with Gasteiger partial charge in [-0.15, -0.1) is 0 Å². The Bertz CT molecular complexity index is 650. The summed E-state index contributed by atoms with van der Waals surface area (Å²) in [5.41, 5.74) is 1.15. The van der Waals surface area contributed by atoms with Crippen LogP contribution in [0.25, 0.3) is 10.8 Å². The predicted octanol–water partition coefficient (Wildman–Crippen LogP) is 3.24. The van der Waals surface area contributed by atoms with Crippen molar-refractivity contribution in [3.05, 3.63) is 48.0 Å². The minimum atomic E-state index is -0.364. The molecule has 2 aromatic carbocycles. The van der Waals surface area contributed by atoms with Crippen molar-refractivity contribution in [2.24, 2.45) is 5.92 Å². The molecule has 1 fully saturated rings. The van der Waals surface area contributed by atoms with Crippen LogP contribution < -0.4 is 10.6 Å². The molecule has 0 saturated carbocycles. The highest BCUT2D eigenvalue weighted by Crippen LogP contribution is 2.30. The fourth-order valence-corrected chi connectivity index (χ4v) is 3.24. The molecule has 116 valence electrons. The van der Waals surface area contributed by atoms with Gasteiger partial charge in [-0.2, -0.15) is 0 Å². The number of methoxy groups -OCH3 is 1. The molecule has 3 rings (SSSR count). The van der Waals surface area contributed by atoms with Crippen LogP contribution in [0.5, 0.6) is 0 Å². The summed E-state index contributed by atoms with van der Waals surface area (Å²) in [4.78, 5) is 11.8. The molecule has 0 aromatic heterocycles.